The number of nitro groups is 1. The van der Waals surface area contributed by atoms with Gasteiger partial charge in [-0.25, -0.2) is 0 Å². The van der Waals surface area contributed by atoms with Crippen molar-refractivity contribution in [2.45, 2.75) is 18.4 Å². The highest BCUT2D eigenvalue weighted by atomic mass is 35.5. The molecule has 1 aliphatic carbocycles. The molecule has 0 radical (unpaired) electrons. The number of anilines is 1. The highest BCUT2D eigenvalue weighted by molar-refractivity contribution is 6.36. The third kappa shape index (κ3) is 2.78. The van der Waals surface area contributed by atoms with Crippen LogP contribution in [0.4, 0.5) is 11.4 Å². The van der Waals surface area contributed by atoms with Gasteiger partial charge in [-0.3, -0.25) is 10.1 Å². The van der Waals surface area contributed by atoms with Crippen molar-refractivity contribution in [3.63, 3.8) is 0 Å². The highest BCUT2D eigenvalue weighted by Crippen LogP contribution is 2.53. The number of hydrogen-bond acceptors (Lipinski definition) is 3. The Morgan fingerprint density at radius 1 is 1.08 bits per heavy atom. The standard InChI is InChI=1S/C18H13Cl3N2O2/c19-9-6-13-11-2-1-3-12(11)17(22-18(13)16(21)7-9)14-8-10(23(24)25)4-5-15(14)20/h1-2,4-8,11-12,17,22H,3H2. The maximum absolute atomic E-state index is 11.2. The lowest BCUT2D eigenvalue weighted by Gasteiger charge is -2.38. The van der Waals surface area contributed by atoms with Crippen molar-refractivity contribution in [2.24, 2.45) is 5.92 Å². The Labute approximate surface area is 159 Å². The number of hydrogen-bond donors (Lipinski definition) is 1. The normalized spacial score (nSPS) is 23.7. The molecule has 1 N–H and O–H groups in total. The van der Waals surface area contributed by atoms with E-state index >= 15 is 0 Å². The fourth-order valence-corrected chi connectivity index (χ4v) is 4.61. The largest absolute Gasteiger partial charge is 0.376 e. The first-order valence-electron chi connectivity index (χ1n) is 7.81. The maximum atomic E-state index is 11.2. The van der Waals surface area contributed by atoms with Crippen molar-refractivity contribution in [3.05, 3.63) is 78.8 Å². The van der Waals surface area contributed by atoms with Crippen LogP contribution in [0.5, 0.6) is 0 Å². The van der Waals surface area contributed by atoms with Crippen LogP contribution in [-0.2, 0) is 0 Å². The van der Waals surface area contributed by atoms with Gasteiger partial charge in [0.15, 0.2) is 0 Å². The maximum Gasteiger partial charge on any atom is 0.269 e. The summed E-state index contributed by atoms with van der Waals surface area (Å²) in [4.78, 5) is 10.7. The average molecular weight is 396 g/mol. The highest BCUT2D eigenvalue weighted by Gasteiger charge is 2.40. The molecule has 0 amide bonds. The summed E-state index contributed by atoms with van der Waals surface area (Å²) >= 11 is 19.0. The van der Waals surface area contributed by atoms with Crippen LogP contribution >= 0.6 is 34.8 Å². The topological polar surface area (TPSA) is 55.2 Å². The van der Waals surface area contributed by atoms with Gasteiger partial charge in [0.2, 0.25) is 0 Å². The van der Waals surface area contributed by atoms with Crippen LogP contribution in [0.3, 0.4) is 0 Å². The number of allylic oxidation sites excluding steroid dienone is 2. The molecule has 0 saturated carbocycles. The van der Waals surface area contributed by atoms with E-state index < -0.39 is 4.92 Å². The second-order valence-corrected chi connectivity index (χ2v) is 7.54. The van der Waals surface area contributed by atoms with Gasteiger partial charge >= 0.3 is 0 Å². The molecule has 0 fully saturated rings. The SMILES string of the molecule is O=[N+]([O-])c1ccc(Cl)c(C2Nc3c(Cl)cc(Cl)cc3C3C=CCC32)c1. The molecule has 0 bridgehead atoms. The number of nitrogens with zero attached hydrogens (tertiary/aromatic N) is 1. The van der Waals surface area contributed by atoms with E-state index in [1.165, 1.54) is 6.07 Å². The van der Waals surface area contributed by atoms with E-state index in [0.717, 1.165) is 17.7 Å². The Kier molecular flexibility index (Phi) is 4.14. The number of fused-ring (bicyclic) bond motifs is 3. The van der Waals surface area contributed by atoms with Gasteiger partial charge in [-0.15, -0.1) is 0 Å². The Balaban J connectivity index is 1.85. The van der Waals surface area contributed by atoms with E-state index in [1.54, 1.807) is 18.2 Å². The molecule has 1 heterocycles. The minimum Gasteiger partial charge on any atom is -0.376 e. The second-order valence-electron chi connectivity index (χ2n) is 6.29. The molecule has 2 aromatic carbocycles. The average Bonchev–Trinajstić information content (AvgIpc) is 3.05. The van der Waals surface area contributed by atoms with Gasteiger partial charge in [0, 0.05) is 33.7 Å². The van der Waals surface area contributed by atoms with Gasteiger partial charge in [-0.1, -0.05) is 47.0 Å². The molecule has 25 heavy (non-hydrogen) atoms. The molecule has 7 heteroatoms. The molecule has 3 unspecified atom stereocenters. The molecule has 2 aromatic rings. The van der Waals surface area contributed by atoms with Crippen LogP contribution < -0.4 is 5.32 Å². The van der Waals surface area contributed by atoms with Gasteiger partial charge in [0.1, 0.15) is 0 Å². The van der Waals surface area contributed by atoms with Crippen LogP contribution in [0, 0.1) is 16.0 Å². The van der Waals surface area contributed by atoms with E-state index in [2.05, 4.69) is 17.5 Å². The zero-order chi connectivity index (χ0) is 17.7. The molecule has 0 spiro atoms. The fourth-order valence-electron chi connectivity index (χ4n) is 3.81. The summed E-state index contributed by atoms with van der Waals surface area (Å²) in [5, 5.41) is 16.2. The lowest BCUT2D eigenvalue weighted by molar-refractivity contribution is -0.384. The third-order valence-corrected chi connectivity index (χ3v) is 5.77. The van der Waals surface area contributed by atoms with E-state index in [4.69, 9.17) is 34.8 Å². The van der Waals surface area contributed by atoms with Crippen LogP contribution in [0.2, 0.25) is 15.1 Å². The zero-order valence-corrected chi connectivity index (χ0v) is 15.1. The fraction of sp³-hybridized carbons (Fsp3) is 0.222. The summed E-state index contributed by atoms with van der Waals surface area (Å²) in [5.74, 6) is 0.342. The number of nitro benzene ring substituents is 1. The van der Waals surface area contributed by atoms with E-state index in [-0.39, 0.29) is 23.6 Å². The van der Waals surface area contributed by atoms with Gasteiger partial charge in [-0.2, -0.15) is 0 Å². The van der Waals surface area contributed by atoms with Crippen molar-refractivity contribution in [1.82, 2.24) is 0 Å². The molecular weight excluding hydrogens is 383 g/mol. The van der Waals surface area contributed by atoms with E-state index in [9.17, 15) is 10.1 Å². The number of non-ortho nitro benzene ring substituents is 1. The first kappa shape index (κ1) is 16.7. The molecule has 4 nitrogen and oxygen atoms in total. The van der Waals surface area contributed by atoms with Crippen LogP contribution in [-0.4, -0.2) is 4.92 Å². The van der Waals surface area contributed by atoms with E-state index in [0.29, 0.717) is 20.6 Å². The Morgan fingerprint density at radius 3 is 2.64 bits per heavy atom. The predicted molar refractivity (Wildman–Crippen MR) is 101 cm³/mol. The number of benzene rings is 2. The van der Waals surface area contributed by atoms with Crippen molar-refractivity contribution >= 4 is 46.2 Å². The van der Waals surface area contributed by atoms with Crippen LogP contribution in [0.1, 0.15) is 29.5 Å². The number of rotatable bonds is 2. The molecule has 4 rings (SSSR count). The lowest BCUT2D eigenvalue weighted by atomic mass is 9.77. The summed E-state index contributed by atoms with van der Waals surface area (Å²) in [7, 11) is 0. The molecule has 128 valence electrons. The molecular formula is C18H13Cl3N2O2. The second kappa shape index (κ2) is 6.20. The predicted octanol–water partition coefficient (Wildman–Crippen LogP) is 6.38. The lowest BCUT2D eigenvalue weighted by Crippen LogP contribution is -2.29. The molecule has 0 saturated heterocycles. The minimum absolute atomic E-state index is 0.0247. The monoisotopic (exact) mass is 394 g/mol. The van der Waals surface area contributed by atoms with Gasteiger partial charge in [0.05, 0.1) is 21.7 Å². The molecule has 1 aliphatic heterocycles. The summed E-state index contributed by atoms with van der Waals surface area (Å²) < 4.78 is 0. The molecule has 2 aliphatic rings. The van der Waals surface area contributed by atoms with Crippen molar-refractivity contribution in [2.75, 3.05) is 5.32 Å². The quantitative estimate of drug-likeness (QED) is 0.364. The smallest absolute Gasteiger partial charge is 0.269 e. The van der Waals surface area contributed by atoms with Crippen molar-refractivity contribution < 1.29 is 4.92 Å². The van der Waals surface area contributed by atoms with E-state index in [1.807, 2.05) is 6.07 Å². The zero-order valence-electron chi connectivity index (χ0n) is 12.9. The number of halogens is 3. The van der Waals surface area contributed by atoms with Gasteiger partial charge in [-0.05, 0) is 36.1 Å². The minimum atomic E-state index is -0.409. The summed E-state index contributed by atoms with van der Waals surface area (Å²) in [5.41, 5.74) is 2.60. The number of nitrogens with one attached hydrogen (secondary N) is 1. The molecule has 3 atom stereocenters. The Morgan fingerprint density at radius 2 is 1.88 bits per heavy atom. The van der Waals surface area contributed by atoms with Crippen molar-refractivity contribution in [1.29, 1.82) is 0 Å². The first-order chi connectivity index (χ1) is 12.0. The third-order valence-electron chi connectivity index (χ3n) is 4.91. The summed E-state index contributed by atoms with van der Waals surface area (Å²) in [6.07, 6.45) is 5.12. The molecule has 0 aromatic heterocycles. The van der Waals surface area contributed by atoms with Crippen molar-refractivity contribution in [3.8, 4) is 0 Å². The Hall–Kier alpha value is -1.75. The first-order valence-corrected chi connectivity index (χ1v) is 8.95. The van der Waals surface area contributed by atoms with Gasteiger partial charge < -0.3 is 5.32 Å². The summed E-state index contributed by atoms with van der Waals surface area (Å²) in [6.45, 7) is 0. The van der Waals surface area contributed by atoms with Gasteiger partial charge in [0.25, 0.3) is 5.69 Å². The van der Waals surface area contributed by atoms with Crippen LogP contribution in [0.25, 0.3) is 0 Å². The van der Waals surface area contributed by atoms with Crippen LogP contribution in [0.15, 0.2) is 42.5 Å². The summed E-state index contributed by atoms with van der Waals surface area (Å²) in [6, 6.07) is 7.99. The Bertz CT molecular complexity index is 913.